The summed E-state index contributed by atoms with van der Waals surface area (Å²) in [6, 6.07) is 3.21. The second-order valence-corrected chi connectivity index (χ2v) is 2.77. The normalized spacial score (nSPS) is 8.80. The van der Waals surface area contributed by atoms with Gasteiger partial charge in [0.05, 0.1) is 12.7 Å². The van der Waals surface area contributed by atoms with Gasteiger partial charge in [-0.1, -0.05) is 13.8 Å². The molecule has 4 nitrogen and oxygen atoms in total. The first kappa shape index (κ1) is 13.3. The van der Waals surface area contributed by atoms with Gasteiger partial charge in [-0.05, 0) is 18.6 Å². The fourth-order valence-corrected chi connectivity index (χ4v) is 1.14. The van der Waals surface area contributed by atoms with Crippen LogP contribution in [-0.4, -0.2) is 13.0 Å². The average Bonchev–Trinajstić information content (AvgIpc) is 2.23. The van der Waals surface area contributed by atoms with E-state index in [1.807, 2.05) is 20.8 Å². The molecular weight excluding hydrogens is 192 g/mol. The highest BCUT2D eigenvalue weighted by Crippen LogP contribution is 2.24. The van der Waals surface area contributed by atoms with Crippen molar-refractivity contribution in [2.75, 3.05) is 12.8 Å². The number of anilines is 1. The van der Waals surface area contributed by atoms with E-state index in [1.54, 1.807) is 19.2 Å². The van der Waals surface area contributed by atoms with Crippen molar-refractivity contribution in [1.29, 1.82) is 0 Å². The van der Waals surface area contributed by atoms with E-state index in [0.717, 1.165) is 5.56 Å². The lowest BCUT2D eigenvalue weighted by atomic mass is 10.1. The highest BCUT2D eigenvalue weighted by Gasteiger charge is 2.09. The fraction of sp³-hybridized carbons (Fsp3) is 0.364. The number of benzene rings is 1. The van der Waals surface area contributed by atoms with Crippen LogP contribution in [0, 0.1) is 6.92 Å². The Morgan fingerprint density at radius 3 is 2.27 bits per heavy atom. The number of primary amides is 1. The summed E-state index contributed by atoms with van der Waals surface area (Å²) < 4.78 is 5.03. The van der Waals surface area contributed by atoms with Crippen LogP contribution in [0.5, 0.6) is 5.75 Å². The summed E-state index contributed by atoms with van der Waals surface area (Å²) >= 11 is 0. The first-order chi connectivity index (χ1) is 7.06. The topological polar surface area (TPSA) is 78.3 Å². The minimum atomic E-state index is -0.525. The van der Waals surface area contributed by atoms with Crippen molar-refractivity contribution in [3.8, 4) is 5.75 Å². The number of rotatable bonds is 2. The summed E-state index contributed by atoms with van der Waals surface area (Å²) in [5.41, 5.74) is 12.2. The second-order valence-electron chi connectivity index (χ2n) is 2.77. The van der Waals surface area contributed by atoms with Crippen molar-refractivity contribution >= 4 is 11.6 Å². The zero-order valence-corrected chi connectivity index (χ0v) is 9.63. The van der Waals surface area contributed by atoms with Crippen LogP contribution >= 0.6 is 0 Å². The molecule has 84 valence electrons. The van der Waals surface area contributed by atoms with E-state index >= 15 is 0 Å². The van der Waals surface area contributed by atoms with Gasteiger partial charge in [0.25, 0.3) is 5.91 Å². The monoisotopic (exact) mass is 210 g/mol. The molecule has 4 N–H and O–H groups in total. The highest BCUT2D eigenvalue weighted by atomic mass is 16.5. The zero-order valence-electron chi connectivity index (χ0n) is 9.63. The molecule has 0 aliphatic carbocycles. The van der Waals surface area contributed by atoms with E-state index in [0.29, 0.717) is 17.0 Å². The molecule has 0 aliphatic heterocycles. The number of hydrogen-bond donors (Lipinski definition) is 2. The predicted octanol–water partition coefficient (Wildman–Crippen LogP) is 1.71. The first-order valence-corrected chi connectivity index (χ1v) is 4.80. The highest BCUT2D eigenvalue weighted by molar-refractivity contribution is 5.98. The van der Waals surface area contributed by atoms with Gasteiger partial charge in [-0.2, -0.15) is 0 Å². The van der Waals surface area contributed by atoms with E-state index in [1.165, 1.54) is 0 Å². The van der Waals surface area contributed by atoms with Crippen molar-refractivity contribution in [2.24, 2.45) is 5.73 Å². The van der Waals surface area contributed by atoms with Gasteiger partial charge in [0.1, 0.15) is 5.75 Å². The maximum absolute atomic E-state index is 10.9. The predicted molar refractivity (Wildman–Crippen MR) is 62.0 cm³/mol. The molecule has 0 fully saturated rings. The number of nitrogen functional groups attached to an aromatic ring is 1. The summed E-state index contributed by atoms with van der Waals surface area (Å²) in [6.45, 7) is 5.82. The molecule has 0 spiro atoms. The van der Waals surface area contributed by atoms with Crippen molar-refractivity contribution in [3.63, 3.8) is 0 Å². The molecule has 4 heteroatoms. The van der Waals surface area contributed by atoms with Crippen LogP contribution in [0.25, 0.3) is 0 Å². The van der Waals surface area contributed by atoms with Gasteiger partial charge < -0.3 is 16.2 Å². The Morgan fingerprint density at radius 2 is 1.87 bits per heavy atom. The molecule has 15 heavy (non-hydrogen) atoms. The minimum absolute atomic E-state index is 0.332. The van der Waals surface area contributed by atoms with Gasteiger partial charge in [0.2, 0.25) is 0 Å². The SMILES string of the molecule is CC.COc1cc(N)c(C(N)=O)cc1C. The summed E-state index contributed by atoms with van der Waals surface area (Å²) in [5, 5.41) is 0. The lowest BCUT2D eigenvalue weighted by molar-refractivity contribution is 0.100. The maximum Gasteiger partial charge on any atom is 0.250 e. The van der Waals surface area contributed by atoms with E-state index < -0.39 is 5.91 Å². The minimum Gasteiger partial charge on any atom is -0.496 e. The molecule has 1 amide bonds. The zero-order chi connectivity index (χ0) is 12.0. The molecule has 1 aromatic carbocycles. The summed E-state index contributed by atoms with van der Waals surface area (Å²) in [7, 11) is 1.55. The molecule has 0 bridgehead atoms. The number of nitrogens with two attached hydrogens (primary N) is 2. The lowest BCUT2D eigenvalue weighted by Gasteiger charge is -2.08. The van der Waals surface area contributed by atoms with Gasteiger partial charge in [0.15, 0.2) is 0 Å². The van der Waals surface area contributed by atoms with E-state index in [4.69, 9.17) is 16.2 Å². The van der Waals surface area contributed by atoms with E-state index in [-0.39, 0.29) is 0 Å². The molecule has 0 atom stereocenters. The average molecular weight is 210 g/mol. The Hall–Kier alpha value is -1.71. The Balaban J connectivity index is 0.000000921. The van der Waals surface area contributed by atoms with Gasteiger partial charge in [-0.15, -0.1) is 0 Å². The third-order valence-corrected chi connectivity index (χ3v) is 1.83. The Kier molecular flexibility index (Phi) is 5.23. The van der Waals surface area contributed by atoms with Gasteiger partial charge in [-0.25, -0.2) is 0 Å². The number of carbonyl (C=O) groups excluding carboxylic acids is 1. The first-order valence-electron chi connectivity index (χ1n) is 4.80. The number of aryl methyl sites for hydroxylation is 1. The standard InChI is InChI=1S/C9H12N2O2.C2H6/c1-5-3-6(9(11)12)7(10)4-8(5)13-2;1-2/h3-4H,10H2,1-2H3,(H2,11,12);1-2H3. The molecule has 0 radical (unpaired) electrons. The van der Waals surface area contributed by atoms with Crippen LogP contribution in [0.15, 0.2) is 12.1 Å². The smallest absolute Gasteiger partial charge is 0.250 e. The van der Waals surface area contributed by atoms with Crippen LogP contribution in [0.4, 0.5) is 5.69 Å². The number of carbonyl (C=O) groups is 1. The van der Waals surface area contributed by atoms with Gasteiger partial charge in [0, 0.05) is 11.8 Å². The van der Waals surface area contributed by atoms with Crippen molar-refractivity contribution in [3.05, 3.63) is 23.3 Å². The van der Waals surface area contributed by atoms with Crippen LogP contribution in [0.1, 0.15) is 29.8 Å². The molecular formula is C11H18N2O2. The van der Waals surface area contributed by atoms with Gasteiger partial charge in [-0.3, -0.25) is 4.79 Å². The molecule has 0 saturated heterocycles. The Labute approximate surface area is 90.2 Å². The number of ether oxygens (including phenoxy) is 1. The molecule has 1 aromatic rings. The van der Waals surface area contributed by atoms with Crippen LogP contribution in [0.2, 0.25) is 0 Å². The third kappa shape index (κ3) is 3.16. The molecule has 0 aromatic heterocycles. The Bertz CT molecular complexity index is 349. The summed E-state index contributed by atoms with van der Waals surface area (Å²) in [6.07, 6.45) is 0. The third-order valence-electron chi connectivity index (χ3n) is 1.83. The largest absolute Gasteiger partial charge is 0.496 e. The van der Waals surface area contributed by atoms with E-state index in [9.17, 15) is 4.79 Å². The number of hydrogen-bond acceptors (Lipinski definition) is 3. The number of amides is 1. The van der Waals surface area contributed by atoms with Crippen LogP contribution in [0.3, 0.4) is 0 Å². The van der Waals surface area contributed by atoms with Gasteiger partial charge >= 0.3 is 0 Å². The fourth-order valence-electron chi connectivity index (χ4n) is 1.14. The van der Waals surface area contributed by atoms with Crippen molar-refractivity contribution in [1.82, 2.24) is 0 Å². The Morgan fingerprint density at radius 1 is 1.33 bits per heavy atom. The maximum atomic E-state index is 10.9. The quantitative estimate of drug-likeness (QED) is 0.729. The van der Waals surface area contributed by atoms with E-state index in [2.05, 4.69) is 0 Å². The van der Waals surface area contributed by atoms with Crippen LogP contribution < -0.4 is 16.2 Å². The summed E-state index contributed by atoms with van der Waals surface area (Å²) in [4.78, 5) is 10.9. The second kappa shape index (κ2) is 5.90. The molecule has 0 unspecified atom stereocenters. The van der Waals surface area contributed by atoms with Crippen molar-refractivity contribution in [2.45, 2.75) is 20.8 Å². The summed E-state index contributed by atoms with van der Waals surface area (Å²) in [5.74, 6) is 0.130. The molecule has 1 rings (SSSR count). The van der Waals surface area contributed by atoms with Crippen LogP contribution in [-0.2, 0) is 0 Å². The molecule has 0 aliphatic rings. The molecule has 0 heterocycles. The van der Waals surface area contributed by atoms with Crippen molar-refractivity contribution < 1.29 is 9.53 Å². The lowest BCUT2D eigenvalue weighted by Crippen LogP contribution is -2.13. The number of methoxy groups -OCH3 is 1. The molecule has 0 saturated carbocycles.